The second-order valence-corrected chi connectivity index (χ2v) is 3.53. The fraction of sp³-hybridized carbons (Fsp3) is 0.167. The van der Waals surface area contributed by atoms with Crippen molar-refractivity contribution in [2.75, 3.05) is 11.9 Å². The summed E-state index contributed by atoms with van der Waals surface area (Å²) in [4.78, 5) is 12.0. The molecule has 1 aromatic heterocycles. The van der Waals surface area contributed by atoms with Gasteiger partial charge >= 0.3 is 0 Å². The molecule has 0 saturated heterocycles. The first kappa shape index (κ1) is 11.3. The monoisotopic (exact) mass is 231 g/mol. The molecule has 0 atom stereocenters. The van der Waals surface area contributed by atoms with E-state index in [4.69, 9.17) is 5.73 Å². The van der Waals surface area contributed by atoms with Gasteiger partial charge in [0, 0.05) is 11.6 Å². The Balaban J connectivity index is 2.18. The van der Waals surface area contributed by atoms with Gasteiger partial charge in [-0.3, -0.25) is 4.79 Å². The van der Waals surface area contributed by atoms with Gasteiger partial charge in [-0.1, -0.05) is 23.4 Å². The van der Waals surface area contributed by atoms with Gasteiger partial charge in [-0.15, -0.1) is 0 Å². The van der Waals surface area contributed by atoms with Crippen molar-refractivity contribution in [2.45, 2.75) is 6.42 Å². The van der Waals surface area contributed by atoms with E-state index in [1.165, 1.54) is 6.26 Å². The molecule has 3 N–H and O–H groups in total. The van der Waals surface area contributed by atoms with Gasteiger partial charge < -0.3 is 15.6 Å². The molecule has 0 aliphatic carbocycles. The van der Waals surface area contributed by atoms with Crippen LogP contribution in [-0.4, -0.2) is 17.6 Å². The van der Waals surface area contributed by atoms with Crippen molar-refractivity contribution in [1.82, 2.24) is 5.16 Å². The summed E-state index contributed by atoms with van der Waals surface area (Å²) in [5.74, 6) is 0.195. The van der Waals surface area contributed by atoms with Crippen molar-refractivity contribution < 1.29 is 9.32 Å². The third-order valence-corrected chi connectivity index (χ3v) is 2.36. The lowest BCUT2D eigenvalue weighted by Gasteiger charge is -2.07. The van der Waals surface area contributed by atoms with Gasteiger partial charge in [-0.25, -0.2) is 0 Å². The van der Waals surface area contributed by atoms with Gasteiger partial charge in [0.1, 0.15) is 6.26 Å². The van der Waals surface area contributed by atoms with Crippen LogP contribution < -0.4 is 11.1 Å². The lowest BCUT2D eigenvalue weighted by Crippen LogP contribution is -2.16. The number of nitrogens with two attached hydrogens (primary N) is 1. The van der Waals surface area contributed by atoms with Crippen molar-refractivity contribution in [3.05, 3.63) is 47.7 Å². The van der Waals surface area contributed by atoms with E-state index < -0.39 is 0 Å². The molecule has 2 rings (SSSR count). The number of benzene rings is 1. The number of anilines is 1. The van der Waals surface area contributed by atoms with Crippen LogP contribution in [0.15, 0.2) is 41.1 Å². The molecule has 5 nitrogen and oxygen atoms in total. The molecule has 1 aromatic carbocycles. The number of nitrogens with one attached hydrogen (secondary N) is 1. The highest BCUT2D eigenvalue weighted by Gasteiger charge is 2.11. The molecule has 0 aliphatic rings. The highest BCUT2D eigenvalue weighted by atomic mass is 16.5. The minimum atomic E-state index is -0.206. The molecule has 0 spiro atoms. The van der Waals surface area contributed by atoms with Gasteiger partial charge in [-0.2, -0.15) is 0 Å². The number of aromatic nitrogens is 1. The SMILES string of the molecule is NCCc1ccccc1C(=O)Nc1ccon1. The van der Waals surface area contributed by atoms with Crippen LogP contribution in [0.5, 0.6) is 0 Å². The van der Waals surface area contributed by atoms with Gasteiger partial charge in [0.2, 0.25) is 0 Å². The van der Waals surface area contributed by atoms with Gasteiger partial charge in [0.25, 0.3) is 5.91 Å². The maximum absolute atomic E-state index is 12.0. The fourth-order valence-electron chi connectivity index (χ4n) is 1.58. The van der Waals surface area contributed by atoms with Crippen molar-refractivity contribution in [1.29, 1.82) is 0 Å². The Morgan fingerprint density at radius 2 is 2.18 bits per heavy atom. The Hall–Kier alpha value is -2.14. The lowest BCUT2D eigenvalue weighted by atomic mass is 10.0. The fourth-order valence-corrected chi connectivity index (χ4v) is 1.58. The quantitative estimate of drug-likeness (QED) is 0.834. The molecule has 0 fully saturated rings. The minimum absolute atomic E-state index is 0.206. The lowest BCUT2D eigenvalue weighted by molar-refractivity contribution is 0.102. The molecular formula is C12H13N3O2. The molecule has 1 amide bonds. The Morgan fingerprint density at radius 3 is 2.88 bits per heavy atom. The molecule has 1 heterocycles. The Kier molecular flexibility index (Phi) is 3.52. The zero-order valence-corrected chi connectivity index (χ0v) is 9.22. The number of carbonyl (C=O) groups is 1. The standard InChI is InChI=1S/C12H13N3O2/c13-7-5-9-3-1-2-4-10(9)12(16)14-11-6-8-17-15-11/h1-4,6,8H,5,7,13H2,(H,14,15,16). The highest BCUT2D eigenvalue weighted by molar-refractivity contribution is 6.04. The first-order valence-corrected chi connectivity index (χ1v) is 5.31. The molecule has 5 heteroatoms. The van der Waals surface area contributed by atoms with Crippen molar-refractivity contribution in [3.63, 3.8) is 0 Å². The van der Waals surface area contributed by atoms with E-state index >= 15 is 0 Å². The van der Waals surface area contributed by atoms with E-state index in [1.807, 2.05) is 18.2 Å². The normalized spacial score (nSPS) is 10.2. The van der Waals surface area contributed by atoms with E-state index in [9.17, 15) is 4.79 Å². The van der Waals surface area contributed by atoms with Gasteiger partial charge in [0.05, 0.1) is 0 Å². The average molecular weight is 231 g/mol. The minimum Gasteiger partial charge on any atom is -0.363 e. The van der Waals surface area contributed by atoms with Crippen LogP contribution in [0, 0.1) is 0 Å². The number of nitrogens with zero attached hydrogens (tertiary/aromatic N) is 1. The van der Waals surface area contributed by atoms with E-state index in [0.29, 0.717) is 24.3 Å². The summed E-state index contributed by atoms with van der Waals surface area (Å²) in [7, 11) is 0. The molecular weight excluding hydrogens is 218 g/mol. The summed E-state index contributed by atoms with van der Waals surface area (Å²) < 4.78 is 4.64. The third-order valence-electron chi connectivity index (χ3n) is 2.36. The Labute approximate surface area is 98.6 Å². The first-order chi connectivity index (χ1) is 8.31. The Bertz CT molecular complexity index is 494. The van der Waals surface area contributed by atoms with Crippen LogP contribution in [0.25, 0.3) is 0 Å². The number of hydrogen-bond acceptors (Lipinski definition) is 4. The van der Waals surface area contributed by atoms with Crippen LogP contribution in [0.3, 0.4) is 0 Å². The average Bonchev–Trinajstić information content (AvgIpc) is 2.83. The van der Waals surface area contributed by atoms with Crippen LogP contribution in [0.2, 0.25) is 0 Å². The predicted octanol–water partition coefficient (Wildman–Crippen LogP) is 1.43. The molecule has 0 saturated carbocycles. The molecule has 88 valence electrons. The topological polar surface area (TPSA) is 81.2 Å². The molecule has 0 unspecified atom stereocenters. The zero-order chi connectivity index (χ0) is 12.1. The maximum Gasteiger partial charge on any atom is 0.257 e. The number of rotatable bonds is 4. The summed E-state index contributed by atoms with van der Waals surface area (Å²) in [5, 5.41) is 6.28. The van der Waals surface area contributed by atoms with Gasteiger partial charge in [0.15, 0.2) is 5.82 Å². The number of hydrogen-bond donors (Lipinski definition) is 2. The van der Waals surface area contributed by atoms with Crippen LogP contribution in [0.1, 0.15) is 15.9 Å². The highest BCUT2D eigenvalue weighted by Crippen LogP contribution is 2.12. The van der Waals surface area contributed by atoms with E-state index in [0.717, 1.165) is 5.56 Å². The first-order valence-electron chi connectivity index (χ1n) is 5.31. The summed E-state index contributed by atoms with van der Waals surface area (Å²) in [6.45, 7) is 0.508. The Morgan fingerprint density at radius 1 is 1.35 bits per heavy atom. The molecule has 0 aliphatic heterocycles. The summed E-state index contributed by atoms with van der Waals surface area (Å²) in [6.07, 6.45) is 2.07. The van der Waals surface area contributed by atoms with Crippen LogP contribution in [-0.2, 0) is 6.42 Å². The second kappa shape index (κ2) is 5.27. The largest absolute Gasteiger partial charge is 0.363 e. The molecule has 0 bridgehead atoms. The predicted molar refractivity (Wildman–Crippen MR) is 63.7 cm³/mol. The van der Waals surface area contributed by atoms with Crippen LogP contribution >= 0.6 is 0 Å². The zero-order valence-electron chi connectivity index (χ0n) is 9.22. The van der Waals surface area contributed by atoms with E-state index in [2.05, 4.69) is 15.0 Å². The summed E-state index contributed by atoms with van der Waals surface area (Å²) in [6, 6.07) is 8.95. The second-order valence-electron chi connectivity index (χ2n) is 3.53. The van der Waals surface area contributed by atoms with Crippen molar-refractivity contribution in [2.24, 2.45) is 5.73 Å². The van der Waals surface area contributed by atoms with Crippen molar-refractivity contribution >= 4 is 11.7 Å². The van der Waals surface area contributed by atoms with E-state index in [-0.39, 0.29) is 5.91 Å². The smallest absolute Gasteiger partial charge is 0.257 e. The summed E-state index contributed by atoms with van der Waals surface area (Å²) >= 11 is 0. The maximum atomic E-state index is 12.0. The number of carbonyl (C=O) groups excluding carboxylic acids is 1. The number of amides is 1. The molecule has 17 heavy (non-hydrogen) atoms. The van der Waals surface area contributed by atoms with Crippen molar-refractivity contribution in [3.8, 4) is 0 Å². The van der Waals surface area contributed by atoms with E-state index in [1.54, 1.807) is 12.1 Å². The van der Waals surface area contributed by atoms with Gasteiger partial charge in [-0.05, 0) is 24.6 Å². The molecule has 0 radical (unpaired) electrons. The summed E-state index contributed by atoms with van der Waals surface area (Å²) in [5.41, 5.74) is 7.05. The third kappa shape index (κ3) is 2.70. The molecule has 2 aromatic rings. The van der Waals surface area contributed by atoms with Crippen LogP contribution in [0.4, 0.5) is 5.82 Å².